The van der Waals surface area contributed by atoms with Crippen LogP contribution in [-0.4, -0.2) is 17.9 Å². The van der Waals surface area contributed by atoms with Crippen molar-refractivity contribution in [2.75, 3.05) is 6.54 Å². The molecule has 0 spiro atoms. The van der Waals surface area contributed by atoms with Crippen LogP contribution in [0, 0.1) is 18.8 Å². The Morgan fingerprint density at radius 2 is 2.05 bits per heavy atom. The van der Waals surface area contributed by atoms with E-state index in [-0.39, 0.29) is 49.3 Å². The van der Waals surface area contributed by atoms with E-state index < -0.39 is 13.0 Å². The van der Waals surface area contributed by atoms with Crippen LogP contribution < -0.4 is 0 Å². The predicted octanol–water partition coefficient (Wildman–Crippen LogP) is 4.49. The van der Waals surface area contributed by atoms with Gasteiger partial charge in [0.2, 0.25) is 0 Å². The van der Waals surface area contributed by atoms with Gasteiger partial charge in [0.05, 0.1) is 6.54 Å². The van der Waals surface area contributed by atoms with Crippen LogP contribution in [0.4, 0.5) is 13.2 Å². The molecular weight excluding hydrogens is 376 g/mol. The molecule has 2 rings (SSSR count). The fraction of sp³-hybridized carbons (Fsp3) is 0.200. The van der Waals surface area contributed by atoms with Crippen molar-refractivity contribution in [3.05, 3.63) is 64.6 Å². The molecule has 1 nitrogen and oxygen atoms in total. The molecule has 0 aliphatic carbocycles. The van der Waals surface area contributed by atoms with E-state index in [1.165, 1.54) is 29.2 Å². The van der Waals surface area contributed by atoms with Gasteiger partial charge in [0.15, 0.2) is 0 Å². The van der Waals surface area contributed by atoms with Gasteiger partial charge in [-0.15, -0.1) is 6.07 Å². The summed E-state index contributed by atoms with van der Waals surface area (Å²) < 4.78 is 38.6. The van der Waals surface area contributed by atoms with Crippen molar-refractivity contribution in [2.45, 2.75) is 13.3 Å². The molecule has 1 heterocycles. The van der Waals surface area contributed by atoms with Gasteiger partial charge >= 0.3 is 0 Å². The third-order valence-electron chi connectivity index (χ3n) is 2.97. The Kier molecular flexibility index (Phi) is 6.70. The van der Waals surface area contributed by atoms with Crippen LogP contribution in [0.1, 0.15) is 11.1 Å². The molecule has 0 bridgehead atoms. The molecule has 0 atom stereocenters. The molecule has 1 aliphatic heterocycles. The summed E-state index contributed by atoms with van der Waals surface area (Å²) >= 11 is 5.90. The third kappa shape index (κ3) is 4.21. The fourth-order valence-corrected chi connectivity index (χ4v) is 2.17. The average molecular weight is 388 g/mol. The molecule has 0 saturated carbocycles. The molecular formula is C15H12ClF3NY-. The van der Waals surface area contributed by atoms with Crippen LogP contribution in [0.2, 0.25) is 0 Å². The van der Waals surface area contributed by atoms with E-state index in [1.807, 2.05) is 0 Å². The van der Waals surface area contributed by atoms with E-state index in [0.717, 1.165) is 0 Å². The SMILES string of the molecule is C=C1C(Cl)=C[C-]=C(c2ccc(F)cc2C)N1CC(F)F.[Y]. The first-order valence-corrected chi connectivity index (χ1v) is 6.28. The van der Waals surface area contributed by atoms with Crippen LogP contribution in [0.3, 0.4) is 0 Å². The molecule has 1 aromatic rings. The van der Waals surface area contributed by atoms with Gasteiger partial charge in [-0.2, -0.15) is 23.8 Å². The van der Waals surface area contributed by atoms with E-state index in [2.05, 4.69) is 12.7 Å². The van der Waals surface area contributed by atoms with Crippen molar-refractivity contribution in [1.29, 1.82) is 0 Å². The van der Waals surface area contributed by atoms with Gasteiger partial charge in [-0.05, 0) is 22.9 Å². The summed E-state index contributed by atoms with van der Waals surface area (Å²) in [6, 6.07) is 4.15. The third-order valence-corrected chi connectivity index (χ3v) is 3.30. The van der Waals surface area contributed by atoms with Crippen molar-refractivity contribution in [2.24, 2.45) is 0 Å². The number of benzene rings is 1. The van der Waals surface area contributed by atoms with Crippen LogP contribution in [0.15, 0.2) is 41.6 Å². The second-order valence-electron chi connectivity index (χ2n) is 4.39. The summed E-state index contributed by atoms with van der Waals surface area (Å²) in [7, 11) is 0. The van der Waals surface area contributed by atoms with E-state index >= 15 is 0 Å². The zero-order valence-corrected chi connectivity index (χ0v) is 14.9. The summed E-state index contributed by atoms with van der Waals surface area (Å²) in [5.74, 6) is -0.379. The van der Waals surface area contributed by atoms with Gasteiger partial charge < -0.3 is 4.90 Å². The van der Waals surface area contributed by atoms with Gasteiger partial charge in [0.25, 0.3) is 6.43 Å². The zero-order chi connectivity index (χ0) is 14.9. The molecule has 1 aromatic carbocycles. The molecule has 0 amide bonds. The first-order valence-electron chi connectivity index (χ1n) is 5.91. The van der Waals surface area contributed by atoms with Crippen molar-refractivity contribution in [3.8, 4) is 0 Å². The minimum absolute atomic E-state index is 0. The Balaban J connectivity index is 0.00000220. The first kappa shape index (κ1) is 18.5. The predicted molar refractivity (Wildman–Crippen MR) is 73.6 cm³/mol. The number of nitrogens with zero attached hydrogens (tertiary/aromatic N) is 1. The topological polar surface area (TPSA) is 3.24 Å². The Labute approximate surface area is 152 Å². The first-order chi connectivity index (χ1) is 9.40. The standard InChI is InChI=1S/C15H12ClF3N.Y/c1-9-7-11(17)3-4-12(9)14-6-5-13(16)10(2)20(14)8-15(18)19;/h3-5,7,15H,2,8H2,1H3;/q-1;. The summed E-state index contributed by atoms with van der Waals surface area (Å²) in [5, 5.41) is 0.258. The largest absolute Gasteiger partial charge is 0.368 e. The average Bonchev–Trinajstić information content (AvgIpc) is 2.36. The zero-order valence-electron chi connectivity index (χ0n) is 11.3. The number of aryl methyl sites for hydroxylation is 1. The van der Waals surface area contributed by atoms with Gasteiger partial charge in [0, 0.05) is 32.7 Å². The Bertz CT molecular complexity index is 611. The maximum Gasteiger partial charge on any atom is 0.256 e. The number of alkyl halides is 2. The molecule has 1 radical (unpaired) electrons. The molecule has 0 N–H and O–H groups in total. The number of rotatable bonds is 3. The number of hydrogen-bond acceptors (Lipinski definition) is 1. The quantitative estimate of drug-likeness (QED) is 0.691. The molecule has 0 saturated heterocycles. The Morgan fingerprint density at radius 1 is 1.38 bits per heavy atom. The van der Waals surface area contributed by atoms with Crippen molar-refractivity contribution in [3.63, 3.8) is 0 Å². The molecule has 0 fully saturated rings. The Morgan fingerprint density at radius 3 is 2.62 bits per heavy atom. The summed E-state index contributed by atoms with van der Waals surface area (Å²) in [5.41, 5.74) is 1.95. The number of halogens is 4. The Hall–Kier alpha value is -0.576. The molecule has 6 heteroatoms. The van der Waals surface area contributed by atoms with E-state index in [0.29, 0.717) is 16.8 Å². The fourth-order valence-electron chi connectivity index (χ4n) is 2.01. The second kappa shape index (κ2) is 7.62. The second-order valence-corrected chi connectivity index (χ2v) is 4.80. The summed E-state index contributed by atoms with van der Waals surface area (Å²) in [4.78, 5) is 1.30. The smallest absolute Gasteiger partial charge is 0.256 e. The minimum atomic E-state index is -2.55. The van der Waals surface area contributed by atoms with E-state index in [4.69, 9.17) is 11.6 Å². The minimum Gasteiger partial charge on any atom is -0.368 e. The van der Waals surface area contributed by atoms with E-state index in [9.17, 15) is 13.2 Å². The summed E-state index contributed by atoms with van der Waals surface area (Å²) in [6.07, 6.45) is 1.79. The maximum atomic E-state index is 13.1. The number of hydrogen-bond donors (Lipinski definition) is 0. The van der Waals surface area contributed by atoms with Crippen LogP contribution >= 0.6 is 11.6 Å². The molecule has 0 aromatic heterocycles. The van der Waals surface area contributed by atoms with Gasteiger partial charge in [-0.25, -0.2) is 13.2 Å². The maximum absolute atomic E-state index is 13.1. The summed E-state index contributed by atoms with van der Waals surface area (Å²) in [6.45, 7) is 4.88. The van der Waals surface area contributed by atoms with E-state index in [1.54, 1.807) is 6.92 Å². The van der Waals surface area contributed by atoms with Crippen molar-refractivity contribution < 1.29 is 45.9 Å². The van der Waals surface area contributed by atoms with Crippen LogP contribution in [0.25, 0.3) is 5.70 Å². The van der Waals surface area contributed by atoms with Crippen molar-refractivity contribution in [1.82, 2.24) is 4.90 Å². The molecule has 1 aliphatic rings. The van der Waals surface area contributed by atoms with Gasteiger partial charge in [-0.1, -0.05) is 30.3 Å². The molecule has 109 valence electrons. The normalized spacial score (nSPS) is 14.8. The van der Waals surface area contributed by atoms with Crippen molar-refractivity contribution >= 4 is 17.3 Å². The van der Waals surface area contributed by atoms with Gasteiger partial charge in [-0.3, -0.25) is 0 Å². The molecule has 21 heavy (non-hydrogen) atoms. The van der Waals surface area contributed by atoms with Crippen LogP contribution in [0.5, 0.6) is 0 Å². The van der Waals surface area contributed by atoms with Crippen LogP contribution in [-0.2, 0) is 32.7 Å². The number of allylic oxidation sites excluding steroid dienone is 3. The molecule has 0 unspecified atom stereocenters. The van der Waals surface area contributed by atoms with Gasteiger partial charge in [0.1, 0.15) is 5.82 Å². The monoisotopic (exact) mass is 387 g/mol.